The van der Waals surface area contributed by atoms with Gasteiger partial charge in [-0.3, -0.25) is 4.31 Å². The van der Waals surface area contributed by atoms with Crippen molar-refractivity contribution >= 4 is 31.0 Å². The van der Waals surface area contributed by atoms with Crippen LogP contribution in [0.1, 0.15) is 5.56 Å². The second kappa shape index (κ2) is 3.37. The maximum atomic E-state index is 11.6. The molecule has 1 aromatic carbocycles. The Balaban J connectivity index is 2.65. The van der Waals surface area contributed by atoms with Crippen molar-refractivity contribution in [2.24, 2.45) is 0 Å². The third kappa shape index (κ3) is 1.45. The van der Waals surface area contributed by atoms with E-state index in [0.717, 1.165) is 11.3 Å². The molecule has 0 amide bonds. The second-order valence-corrected chi connectivity index (χ2v) is 5.05. The lowest BCUT2D eigenvalue weighted by molar-refractivity contribution is 0.602. The molecular formula is C9H10NO2PS. The van der Waals surface area contributed by atoms with Gasteiger partial charge in [-0.1, -0.05) is 18.2 Å². The summed E-state index contributed by atoms with van der Waals surface area (Å²) in [6.45, 7) is 0. The molecule has 0 aliphatic carbocycles. The number of hydrogen-bond acceptors (Lipinski definition) is 2. The molecule has 3 nitrogen and oxygen atoms in total. The summed E-state index contributed by atoms with van der Waals surface area (Å²) in [7, 11) is -0.832. The van der Waals surface area contributed by atoms with Gasteiger partial charge in [-0.05, 0) is 17.7 Å². The molecule has 0 aromatic heterocycles. The Bertz CT molecular complexity index is 481. The highest BCUT2D eigenvalue weighted by molar-refractivity contribution is 7.96. The minimum atomic E-state index is -3.26. The minimum absolute atomic E-state index is 0.379. The molecule has 0 fully saturated rings. The highest BCUT2D eigenvalue weighted by atomic mass is 32.2. The van der Waals surface area contributed by atoms with Crippen LogP contribution in [-0.4, -0.2) is 14.7 Å². The Kier molecular flexibility index (Phi) is 2.33. The second-order valence-electron chi connectivity index (χ2n) is 2.94. The van der Waals surface area contributed by atoms with E-state index in [1.165, 1.54) is 9.71 Å². The highest BCUT2D eigenvalue weighted by Gasteiger charge is 2.23. The number of para-hydroxylation sites is 1. The molecule has 2 rings (SSSR count). The van der Waals surface area contributed by atoms with E-state index in [4.69, 9.17) is 0 Å². The lowest BCUT2D eigenvalue weighted by Gasteiger charge is -2.25. The summed E-state index contributed by atoms with van der Waals surface area (Å²) in [6, 6.07) is 7.43. The maximum Gasteiger partial charge on any atom is 0.257 e. The van der Waals surface area contributed by atoms with Crippen LogP contribution in [0.4, 0.5) is 5.69 Å². The Morgan fingerprint density at radius 2 is 2.00 bits per heavy atom. The Hall–Kier alpha value is -0.860. The van der Waals surface area contributed by atoms with Crippen molar-refractivity contribution < 1.29 is 8.42 Å². The Labute approximate surface area is 85.7 Å². The zero-order valence-corrected chi connectivity index (χ0v) is 9.39. The van der Waals surface area contributed by atoms with E-state index in [0.29, 0.717) is 6.29 Å². The first kappa shape index (κ1) is 9.69. The number of hydrogen-bond donors (Lipinski definition) is 0. The van der Waals surface area contributed by atoms with E-state index in [-0.39, 0.29) is 0 Å². The summed E-state index contributed by atoms with van der Waals surface area (Å²) in [5.74, 6) is 0. The van der Waals surface area contributed by atoms with Crippen molar-refractivity contribution in [2.45, 2.75) is 0 Å². The minimum Gasteiger partial charge on any atom is -0.263 e. The van der Waals surface area contributed by atoms with E-state index in [1.807, 2.05) is 18.2 Å². The first-order valence-electron chi connectivity index (χ1n) is 4.15. The third-order valence-corrected chi connectivity index (χ3v) is 4.17. The fraction of sp³-hybridized carbons (Fsp3) is 0.111. The van der Waals surface area contributed by atoms with Crippen LogP contribution in [0.5, 0.6) is 0 Å². The van der Waals surface area contributed by atoms with Gasteiger partial charge in [0.05, 0.1) is 11.1 Å². The predicted molar refractivity (Wildman–Crippen MR) is 61.5 cm³/mol. The summed E-state index contributed by atoms with van der Waals surface area (Å²) >= 11 is 0. The maximum absolute atomic E-state index is 11.6. The van der Waals surface area contributed by atoms with Gasteiger partial charge in [-0.15, -0.1) is 9.24 Å². The summed E-state index contributed by atoms with van der Waals surface area (Å²) in [5.41, 5.74) is 1.68. The van der Waals surface area contributed by atoms with Gasteiger partial charge < -0.3 is 0 Å². The van der Waals surface area contributed by atoms with Gasteiger partial charge in [-0.2, -0.15) is 0 Å². The molecular weight excluding hydrogens is 217 g/mol. The first-order chi connectivity index (χ1) is 6.65. The number of fused-ring (bicyclic) bond motifs is 1. The van der Waals surface area contributed by atoms with Gasteiger partial charge in [0.1, 0.15) is 0 Å². The molecule has 14 heavy (non-hydrogen) atoms. The zero-order valence-electron chi connectivity index (χ0n) is 7.42. The van der Waals surface area contributed by atoms with Gasteiger partial charge in [0.15, 0.2) is 0 Å². The molecule has 0 saturated carbocycles. The van der Waals surface area contributed by atoms with Crippen LogP contribution in [0.2, 0.25) is 0 Å². The van der Waals surface area contributed by atoms with Gasteiger partial charge >= 0.3 is 0 Å². The number of sulfonamides is 1. The van der Waals surface area contributed by atoms with Crippen molar-refractivity contribution in [1.29, 1.82) is 0 Å². The fourth-order valence-corrected chi connectivity index (χ4v) is 3.36. The quantitative estimate of drug-likeness (QED) is 0.684. The summed E-state index contributed by atoms with van der Waals surface area (Å²) in [6.07, 6.45) is 2.01. The van der Waals surface area contributed by atoms with Crippen molar-refractivity contribution in [3.05, 3.63) is 35.2 Å². The average molecular weight is 227 g/mol. The number of anilines is 1. The number of benzene rings is 1. The zero-order chi connectivity index (χ0) is 10.2. The SMILES string of the molecule is O=S1(=O)C=Cc2ccccc2N1CP. The molecule has 1 unspecified atom stereocenters. The molecule has 1 aliphatic rings. The van der Waals surface area contributed by atoms with E-state index in [2.05, 4.69) is 9.24 Å². The van der Waals surface area contributed by atoms with E-state index < -0.39 is 10.0 Å². The summed E-state index contributed by atoms with van der Waals surface area (Å²) in [4.78, 5) is 0. The fourth-order valence-electron chi connectivity index (χ4n) is 1.43. The standard InChI is InChI=1S/C9H10NO2PS/c11-14(12)6-5-8-3-1-2-4-9(8)10(14)7-13/h1-6H,7,13H2. The smallest absolute Gasteiger partial charge is 0.257 e. The van der Waals surface area contributed by atoms with Gasteiger partial charge in [-0.25, -0.2) is 8.42 Å². The summed E-state index contributed by atoms with van der Waals surface area (Å²) in [5, 5.41) is 1.24. The van der Waals surface area contributed by atoms with Crippen LogP contribution >= 0.6 is 9.24 Å². The Morgan fingerprint density at radius 1 is 1.29 bits per heavy atom. The molecule has 5 heteroatoms. The molecule has 0 saturated heterocycles. The molecule has 1 atom stereocenters. The normalized spacial score (nSPS) is 17.9. The van der Waals surface area contributed by atoms with Crippen LogP contribution in [0.25, 0.3) is 6.08 Å². The van der Waals surface area contributed by atoms with Crippen LogP contribution in [0.15, 0.2) is 29.7 Å². The van der Waals surface area contributed by atoms with Crippen LogP contribution < -0.4 is 4.31 Å². The van der Waals surface area contributed by atoms with Crippen LogP contribution in [-0.2, 0) is 10.0 Å². The number of nitrogens with zero attached hydrogens (tertiary/aromatic N) is 1. The molecule has 0 N–H and O–H groups in total. The largest absolute Gasteiger partial charge is 0.263 e. The van der Waals surface area contributed by atoms with E-state index in [9.17, 15) is 8.42 Å². The van der Waals surface area contributed by atoms with E-state index >= 15 is 0 Å². The van der Waals surface area contributed by atoms with Gasteiger partial charge in [0.25, 0.3) is 10.0 Å². The van der Waals surface area contributed by atoms with Crippen LogP contribution in [0, 0.1) is 0 Å². The van der Waals surface area contributed by atoms with Crippen molar-refractivity contribution in [3.8, 4) is 0 Å². The monoisotopic (exact) mass is 227 g/mol. The first-order valence-corrected chi connectivity index (χ1v) is 6.47. The van der Waals surface area contributed by atoms with Crippen molar-refractivity contribution in [3.63, 3.8) is 0 Å². The lowest BCUT2D eigenvalue weighted by Crippen LogP contribution is -2.29. The Morgan fingerprint density at radius 3 is 2.71 bits per heavy atom. The molecule has 0 radical (unpaired) electrons. The number of rotatable bonds is 1. The lowest BCUT2D eigenvalue weighted by atomic mass is 10.2. The average Bonchev–Trinajstić information content (AvgIpc) is 2.17. The molecule has 74 valence electrons. The van der Waals surface area contributed by atoms with Gasteiger partial charge in [0, 0.05) is 6.29 Å². The van der Waals surface area contributed by atoms with Crippen LogP contribution in [0.3, 0.4) is 0 Å². The highest BCUT2D eigenvalue weighted by Crippen LogP contribution is 2.29. The van der Waals surface area contributed by atoms with Crippen molar-refractivity contribution in [2.75, 3.05) is 10.6 Å². The predicted octanol–water partition coefficient (Wildman–Crippen LogP) is 1.64. The van der Waals surface area contributed by atoms with E-state index in [1.54, 1.807) is 12.1 Å². The molecule has 1 aliphatic heterocycles. The molecule has 1 heterocycles. The molecule has 0 spiro atoms. The molecule has 0 bridgehead atoms. The van der Waals surface area contributed by atoms with Crippen molar-refractivity contribution in [1.82, 2.24) is 0 Å². The summed E-state index contributed by atoms with van der Waals surface area (Å²) < 4.78 is 24.6. The third-order valence-electron chi connectivity index (χ3n) is 2.10. The topological polar surface area (TPSA) is 37.4 Å². The molecule has 1 aromatic rings. The van der Waals surface area contributed by atoms with Gasteiger partial charge in [0.2, 0.25) is 0 Å².